The first-order chi connectivity index (χ1) is 21.0. The Morgan fingerprint density at radius 3 is 2.34 bits per heavy atom. The summed E-state index contributed by atoms with van der Waals surface area (Å²) in [4.78, 5) is 41.2. The van der Waals surface area contributed by atoms with Crippen LogP contribution in [0.2, 0.25) is 0 Å². The van der Waals surface area contributed by atoms with Crippen molar-refractivity contribution >= 4 is 22.7 Å². The number of alkyl halides is 3. The van der Waals surface area contributed by atoms with Crippen LogP contribution in [0.15, 0.2) is 23.0 Å². The zero-order valence-electron chi connectivity index (χ0n) is 25.4. The predicted octanol–water partition coefficient (Wildman–Crippen LogP) is 5.92. The topological polar surface area (TPSA) is 102 Å². The van der Waals surface area contributed by atoms with Crippen LogP contribution in [-0.4, -0.2) is 40.6 Å². The lowest BCUT2D eigenvalue weighted by Crippen LogP contribution is -2.54. The van der Waals surface area contributed by atoms with Crippen LogP contribution < -0.4 is 20.9 Å². The first kappa shape index (κ1) is 31.0. The first-order valence-electron chi connectivity index (χ1n) is 16.4. The van der Waals surface area contributed by atoms with Gasteiger partial charge in [-0.2, -0.15) is 13.2 Å². The quantitative estimate of drug-likeness (QED) is 0.227. The molecule has 2 atom stereocenters. The van der Waals surface area contributed by atoms with Gasteiger partial charge in [-0.1, -0.05) is 25.3 Å². The zero-order chi connectivity index (χ0) is 31.1. The maximum Gasteiger partial charge on any atom is 0.449 e. The number of nitrogens with zero attached hydrogens (tertiary/aromatic N) is 2. The number of fused-ring (bicyclic) bond motifs is 1. The summed E-state index contributed by atoms with van der Waals surface area (Å²) < 4.78 is 48.1. The summed E-state index contributed by atoms with van der Waals surface area (Å²) in [6.45, 7) is 3.73. The normalized spacial score (nSPS) is 28.8. The molecule has 4 saturated carbocycles. The molecule has 8 nitrogen and oxygen atoms in total. The first-order valence-corrected chi connectivity index (χ1v) is 16.4. The molecule has 1 aromatic carbocycles. The average Bonchev–Trinajstić information content (AvgIpc) is 2.95. The van der Waals surface area contributed by atoms with E-state index in [1.165, 1.54) is 56.7 Å². The molecule has 4 aliphatic carbocycles. The fraction of sp³-hybridized carbons (Fsp3) is 0.697. The minimum Gasteiger partial charge on any atom is -0.493 e. The molecule has 240 valence electrons. The molecule has 44 heavy (non-hydrogen) atoms. The Labute approximate surface area is 255 Å². The number of benzene rings is 1. The predicted molar refractivity (Wildman–Crippen MR) is 159 cm³/mol. The average molecular weight is 617 g/mol. The summed E-state index contributed by atoms with van der Waals surface area (Å²) in [5.74, 6) is 0.00523. The van der Waals surface area contributed by atoms with E-state index >= 15 is 0 Å². The molecule has 4 bridgehead atoms. The third-order valence-corrected chi connectivity index (χ3v) is 10.7. The molecule has 7 rings (SSSR count). The summed E-state index contributed by atoms with van der Waals surface area (Å²) in [6.07, 6.45) is 8.20. The van der Waals surface area contributed by atoms with Crippen molar-refractivity contribution < 1.29 is 27.5 Å². The number of rotatable bonds is 12. The van der Waals surface area contributed by atoms with Crippen molar-refractivity contribution in [1.82, 2.24) is 20.2 Å². The van der Waals surface area contributed by atoms with Crippen LogP contribution in [0.3, 0.4) is 0 Å². The van der Waals surface area contributed by atoms with E-state index < -0.39 is 35.4 Å². The summed E-state index contributed by atoms with van der Waals surface area (Å²) >= 11 is 0. The number of piperidine rings is 1. The number of imide groups is 1. The Bertz CT molecular complexity index is 1420. The van der Waals surface area contributed by atoms with Crippen LogP contribution in [0, 0.1) is 23.2 Å². The van der Waals surface area contributed by atoms with E-state index in [9.17, 15) is 27.6 Å². The number of carbonyl (C=O) groups excluding carboxylic acids is 2. The van der Waals surface area contributed by atoms with Gasteiger partial charge >= 0.3 is 6.18 Å². The lowest BCUT2D eigenvalue weighted by atomic mass is 9.48. The number of halogens is 3. The van der Waals surface area contributed by atoms with E-state index in [1.807, 2.05) is 5.32 Å². The number of ether oxygens (including phenoxy) is 1. The van der Waals surface area contributed by atoms with Crippen LogP contribution in [0.4, 0.5) is 13.2 Å². The van der Waals surface area contributed by atoms with Gasteiger partial charge in [-0.25, -0.2) is 4.98 Å². The lowest BCUT2D eigenvalue weighted by molar-refractivity contribution is -0.150. The Morgan fingerprint density at radius 2 is 1.68 bits per heavy atom. The van der Waals surface area contributed by atoms with Crippen LogP contribution in [0.1, 0.15) is 102 Å². The second-order valence-corrected chi connectivity index (χ2v) is 13.8. The van der Waals surface area contributed by atoms with Crippen LogP contribution >= 0.6 is 0 Å². The van der Waals surface area contributed by atoms with E-state index in [-0.39, 0.29) is 29.5 Å². The van der Waals surface area contributed by atoms with Crippen molar-refractivity contribution in [2.75, 3.05) is 13.2 Å². The molecule has 2 unspecified atom stereocenters. The number of unbranched alkanes of at least 4 members (excludes halogenated alkanes) is 4. The maximum absolute atomic E-state index is 13.9. The van der Waals surface area contributed by atoms with Gasteiger partial charge in [0.05, 0.1) is 12.1 Å². The van der Waals surface area contributed by atoms with Crippen LogP contribution in [0.25, 0.3) is 10.9 Å². The highest BCUT2D eigenvalue weighted by Crippen LogP contribution is 2.61. The lowest BCUT2D eigenvalue weighted by Gasteiger charge is -2.59. The summed E-state index contributed by atoms with van der Waals surface area (Å²) in [5, 5.41) is 5.78. The smallest absolute Gasteiger partial charge is 0.449 e. The molecule has 5 fully saturated rings. The number of nitrogens with one attached hydrogen (secondary N) is 2. The molecule has 2 heterocycles. The molecule has 1 aromatic heterocycles. The zero-order valence-corrected chi connectivity index (χ0v) is 25.4. The number of hydrogen-bond acceptors (Lipinski definition) is 6. The molecular weight excluding hydrogens is 573 g/mol. The molecule has 2 N–H and O–H groups in total. The van der Waals surface area contributed by atoms with E-state index in [0.717, 1.165) is 56.4 Å². The largest absolute Gasteiger partial charge is 0.493 e. The monoisotopic (exact) mass is 616 g/mol. The molecule has 11 heteroatoms. The van der Waals surface area contributed by atoms with Gasteiger partial charge in [-0.3, -0.25) is 24.3 Å². The molecular formula is C33H43F3N4O4. The summed E-state index contributed by atoms with van der Waals surface area (Å²) in [6, 6.07) is 3.44. The van der Waals surface area contributed by atoms with Gasteiger partial charge in [-0.05, 0) is 107 Å². The van der Waals surface area contributed by atoms with E-state index in [1.54, 1.807) is 0 Å². The molecule has 5 aliphatic rings. The van der Waals surface area contributed by atoms with E-state index in [2.05, 4.69) is 17.2 Å². The van der Waals surface area contributed by atoms with Gasteiger partial charge in [-0.15, -0.1) is 0 Å². The van der Waals surface area contributed by atoms with Crippen LogP contribution in [-0.2, 0) is 15.8 Å². The van der Waals surface area contributed by atoms with Crippen molar-refractivity contribution in [2.45, 2.75) is 109 Å². The van der Waals surface area contributed by atoms with Gasteiger partial charge in [0.1, 0.15) is 17.2 Å². The maximum atomic E-state index is 13.9. The van der Waals surface area contributed by atoms with Gasteiger partial charge in [0.2, 0.25) is 17.6 Å². The highest BCUT2D eigenvalue weighted by molar-refractivity contribution is 5.99. The second-order valence-electron chi connectivity index (χ2n) is 13.8. The fourth-order valence-electron chi connectivity index (χ4n) is 8.93. The molecule has 0 spiro atoms. The Kier molecular flexibility index (Phi) is 8.78. The van der Waals surface area contributed by atoms with Crippen molar-refractivity contribution in [3.63, 3.8) is 0 Å². The minimum atomic E-state index is -4.98. The summed E-state index contributed by atoms with van der Waals surface area (Å²) in [7, 11) is 0. The molecule has 1 aliphatic heterocycles. The van der Waals surface area contributed by atoms with E-state index in [0.29, 0.717) is 22.6 Å². The number of aromatic nitrogens is 2. The Hall–Kier alpha value is -2.95. The highest BCUT2D eigenvalue weighted by atomic mass is 19.4. The highest BCUT2D eigenvalue weighted by Gasteiger charge is 2.53. The van der Waals surface area contributed by atoms with Gasteiger partial charge in [0.25, 0.3) is 5.56 Å². The van der Waals surface area contributed by atoms with Crippen molar-refractivity contribution in [1.29, 1.82) is 0 Å². The molecule has 2 amide bonds. The summed E-state index contributed by atoms with van der Waals surface area (Å²) in [5.41, 5.74) is -0.649. The van der Waals surface area contributed by atoms with Gasteiger partial charge in [0.15, 0.2) is 0 Å². The van der Waals surface area contributed by atoms with Crippen molar-refractivity contribution in [3.8, 4) is 5.75 Å². The van der Waals surface area contributed by atoms with E-state index in [4.69, 9.17) is 4.74 Å². The minimum absolute atomic E-state index is 0.107. The number of amides is 2. The van der Waals surface area contributed by atoms with Crippen LogP contribution in [0.5, 0.6) is 5.75 Å². The second kappa shape index (κ2) is 12.4. The SMILES string of the molecule is CC(NCCCCCCCOc1cccc2nc(C(F)(F)F)n(C3CCC(=O)NC3=O)c(=O)c12)C12CC3CC(CC(C3)C1)C2. The Balaban J connectivity index is 1.000. The molecule has 0 radical (unpaired) electrons. The van der Waals surface area contributed by atoms with Crippen molar-refractivity contribution in [2.24, 2.45) is 23.2 Å². The third-order valence-electron chi connectivity index (χ3n) is 10.7. The standard InChI is InChI=1S/C33H43F3N4O4/c1-20(32-17-21-14-22(18-32)16-23(15-21)19-32)37-12-5-3-2-4-6-13-44-26-9-7-8-24-28(26)30(43)40(31(38-24)33(34,35)36)25-10-11-27(41)39-29(25)42/h7-9,20-23,25,37H,2-6,10-19H2,1H3,(H,39,41,42). The number of carbonyl (C=O) groups is 2. The van der Waals surface area contributed by atoms with Gasteiger partial charge in [0, 0.05) is 12.5 Å². The third kappa shape index (κ3) is 6.26. The molecule has 1 saturated heterocycles. The fourth-order valence-corrected chi connectivity index (χ4v) is 8.93. The Morgan fingerprint density at radius 1 is 1.02 bits per heavy atom. The number of hydrogen-bond donors (Lipinski definition) is 2. The van der Waals surface area contributed by atoms with Crippen molar-refractivity contribution in [3.05, 3.63) is 34.4 Å². The molecule has 2 aromatic rings. The van der Waals surface area contributed by atoms with Gasteiger partial charge < -0.3 is 10.1 Å².